The molecule has 17 heavy (non-hydrogen) atoms. The molecule has 3 N–H and O–H groups in total. The van der Waals surface area contributed by atoms with Gasteiger partial charge in [0.1, 0.15) is 11.6 Å². The van der Waals surface area contributed by atoms with Gasteiger partial charge in [0, 0.05) is 16.6 Å². The molecular formula is C11H9BrF2N2S. The van der Waals surface area contributed by atoms with Crippen LogP contribution in [0.25, 0.3) is 0 Å². The summed E-state index contributed by atoms with van der Waals surface area (Å²) in [5, 5.41) is 4.67. The summed E-state index contributed by atoms with van der Waals surface area (Å²) in [5.74, 6) is -1.01. The lowest BCUT2D eigenvalue weighted by Crippen LogP contribution is -2.02. The first kappa shape index (κ1) is 12.3. The first-order valence-corrected chi connectivity index (χ1v) is 6.45. The van der Waals surface area contributed by atoms with E-state index in [9.17, 15) is 8.78 Å². The number of nitrogen functional groups attached to an aromatic ring is 1. The quantitative estimate of drug-likeness (QED) is 0.840. The Bertz CT molecular complexity index is 542. The Morgan fingerprint density at radius 1 is 1.29 bits per heavy atom. The minimum atomic E-state index is -0.506. The van der Waals surface area contributed by atoms with Gasteiger partial charge < -0.3 is 11.1 Å². The maximum atomic E-state index is 13.5. The van der Waals surface area contributed by atoms with Crippen LogP contribution in [-0.2, 0) is 6.54 Å². The van der Waals surface area contributed by atoms with E-state index in [1.807, 2.05) is 5.38 Å². The van der Waals surface area contributed by atoms with Crippen molar-refractivity contribution in [3.63, 3.8) is 0 Å². The molecule has 1 aromatic heterocycles. The fraction of sp³-hybridized carbons (Fsp3) is 0.0909. The van der Waals surface area contributed by atoms with Crippen molar-refractivity contribution in [2.24, 2.45) is 0 Å². The second-order valence-corrected chi connectivity index (χ2v) is 5.25. The van der Waals surface area contributed by atoms with Crippen LogP contribution in [0.3, 0.4) is 0 Å². The lowest BCUT2D eigenvalue weighted by Gasteiger charge is -2.08. The van der Waals surface area contributed by atoms with Gasteiger partial charge in [0.25, 0.3) is 0 Å². The van der Waals surface area contributed by atoms with E-state index in [1.54, 1.807) is 6.07 Å². The van der Waals surface area contributed by atoms with Crippen LogP contribution < -0.4 is 11.1 Å². The molecule has 1 heterocycles. The minimum Gasteiger partial charge on any atom is -0.398 e. The van der Waals surface area contributed by atoms with E-state index < -0.39 is 11.6 Å². The van der Waals surface area contributed by atoms with E-state index in [1.165, 1.54) is 11.3 Å². The van der Waals surface area contributed by atoms with Crippen molar-refractivity contribution < 1.29 is 8.78 Å². The fourth-order valence-electron chi connectivity index (χ4n) is 1.33. The van der Waals surface area contributed by atoms with E-state index in [2.05, 4.69) is 21.2 Å². The first-order chi connectivity index (χ1) is 8.08. The zero-order valence-corrected chi connectivity index (χ0v) is 11.0. The van der Waals surface area contributed by atoms with Crippen molar-refractivity contribution >= 4 is 38.6 Å². The van der Waals surface area contributed by atoms with Gasteiger partial charge >= 0.3 is 0 Å². The second-order valence-electron chi connectivity index (χ2n) is 3.40. The van der Waals surface area contributed by atoms with Crippen molar-refractivity contribution in [2.75, 3.05) is 11.1 Å². The summed E-state index contributed by atoms with van der Waals surface area (Å²) in [7, 11) is 0. The second kappa shape index (κ2) is 5.01. The van der Waals surface area contributed by atoms with Gasteiger partial charge in [0.05, 0.1) is 16.7 Å². The molecule has 0 unspecified atom stereocenters. The fourth-order valence-corrected chi connectivity index (χ4v) is 2.38. The number of hydrogen-bond acceptors (Lipinski definition) is 3. The molecule has 0 saturated heterocycles. The Labute approximate surface area is 110 Å². The average Bonchev–Trinajstić information content (AvgIpc) is 2.68. The van der Waals surface area contributed by atoms with Crippen LogP contribution in [0.4, 0.5) is 20.2 Å². The van der Waals surface area contributed by atoms with Gasteiger partial charge in [0.15, 0.2) is 0 Å². The Morgan fingerprint density at radius 2 is 2.06 bits per heavy atom. The largest absolute Gasteiger partial charge is 0.398 e. The van der Waals surface area contributed by atoms with Crippen LogP contribution in [0.5, 0.6) is 0 Å². The van der Waals surface area contributed by atoms with E-state index in [4.69, 9.17) is 5.73 Å². The molecule has 1 aromatic carbocycles. The van der Waals surface area contributed by atoms with E-state index in [0.717, 1.165) is 17.0 Å². The van der Waals surface area contributed by atoms with E-state index >= 15 is 0 Å². The Morgan fingerprint density at radius 3 is 2.71 bits per heavy atom. The molecular weight excluding hydrogens is 310 g/mol. The van der Waals surface area contributed by atoms with Crippen LogP contribution in [0.2, 0.25) is 0 Å². The summed E-state index contributed by atoms with van der Waals surface area (Å²) in [6, 6.07) is 3.98. The molecule has 0 aliphatic rings. The van der Waals surface area contributed by atoms with Gasteiger partial charge in [-0.1, -0.05) is 0 Å². The summed E-state index contributed by atoms with van der Waals surface area (Å²) in [5.41, 5.74) is 6.47. The summed E-state index contributed by atoms with van der Waals surface area (Å²) in [4.78, 5) is 0.896. The Hall–Kier alpha value is -1.14. The van der Waals surface area contributed by atoms with Gasteiger partial charge in [-0.3, -0.25) is 0 Å². The number of benzene rings is 1. The lowest BCUT2D eigenvalue weighted by atomic mass is 10.3. The highest BCUT2D eigenvalue weighted by molar-refractivity contribution is 9.10. The molecule has 2 nitrogen and oxygen atoms in total. The number of hydrogen-bond donors (Lipinski definition) is 2. The number of rotatable bonds is 3. The minimum absolute atomic E-state index is 0.108. The molecule has 0 saturated carbocycles. The monoisotopic (exact) mass is 318 g/mol. The van der Waals surface area contributed by atoms with Crippen molar-refractivity contribution in [3.05, 3.63) is 44.6 Å². The topological polar surface area (TPSA) is 38.0 Å². The van der Waals surface area contributed by atoms with Gasteiger partial charge in [-0.2, -0.15) is 0 Å². The molecule has 0 aliphatic heterocycles. The van der Waals surface area contributed by atoms with Crippen molar-refractivity contribution in [3.8, 4) is 0 Å². The van der Waals surface area contributed by atoms with Gasteiger partial charge in [-0.25, -0.2) is 8.78 Å². The highest BCUT2D eigenvalue weighted by Crippen LogP contribution is 2.25. The maximum absolute atomic E-state index is 13.5. The molecule has 0 radical (unpaired) electrons. The Balaban J connectivity index is 2.14. The smallest absolute Gasteiger partial charge is 0.147 e. The lowest BCUT2D eigenvalue weighted by molar-refractivity contribution is 0.596. The van der Waals surface area contributed by atoms with Crippen LogP contribution in [0.1, 0.15) is 4.88 Å². The highest BCUT2D eigenvalue weighted by Gasteiger charge is 2.08. The number of halogens is 3. The third-order valence-electron chi connectivity index (χ3n) is 2.23. The van der Waals surface area contributed by atoms with E-state index in [-0.39, 0.29) is 10.2 Å². The van der Waals surface area contributed by atoms with Crippen LogP contribution in [0.15, 0.2) is 28.1 Å². The predicted molar refractivity (Wildman–Crippen MR) is 70.1 cm³/mol. The Kier molecular flexibility index (Phi) is 3.63. The molecule has 0 amide bonds. The SMILES string of the molecule is Nc1ccsc1CNc1cc(F)c(Br)cc1F. The number of nitrogens with two attached hydrogens (primary N) is 1. The molecule has 90 valence electrons. The van der Waals surface area contributed by atoms with Gasteiger partial charge in [0.2, 0.25) is 0 Å². The number of anilines is 2. The molecule has 6 heteroatoms. The number of thiophene rings is 1. The molecule has 2 rings (SSSR count). The standard InChI is InChI=1S/C11H9BrF2N2S/c12-6-3-8(14)10(4-7(6)13)16-5-11-9(15)1-2-17-11/h1-4,16H,5,15H2. The molecule has 2 aromatic rings. The maximum Gasteiger partial charge on any atom is 0.147 e. The highest BCUT2D eigenvalue weighted by atomic mass is 79.9. The summed E-state index contributed by atoms with van der Waals surface area (Å²) >= 11 is 4.39. The van der Waals surface area contributed by atoms with Gasteiger partial charge in [-0.15, -0.1) is 11.3 Å². The molecule has 0 spiro atoms. The van der Waals surface area contributed by atoms with Gasteiger partial charge in [-0.05, 0) is 33.4 Å². The van der Waals surface area contributed by atoms with E-state index in [0.29, 0.717) is 12.2 Å². The molecule has 0 bridgehead atoms. The zero-order chi connectivity index (χ0) is 12.4. The van der Waals surface area contributed by atoms with Crippen LogP contribution in [0, 0.1) is 11.6 Å². The predicted octanol–water partition coefficient (Wildman–Crippen LogP) is 3.98. The van der Waals surface area contributed by atoms with Crippen LogP contribution >= 0.6 is 27.3 Å². The molecule has 0 atom stereocenters. The summed E-state index contributed by atoms with van der Waals surface area (Å²) in [6.45, 7) is 0.376. The third kappa shape index (κ3) is 2.76. The summed E-state index contributed by atoms with van der Waals surface area (Å²) in [6.07, 6.45) is 0. The van der Waals surface area contributed by atoms with Crippen molar-refractivity contribution in [1.29, 1.82) is 0 Å². The first-order valence-electron chi connectivity index (χ1n) is 4.78. The average molecular weight is 319 g/mol. The van der Waals surface area contributed by atoms with Crippen molar-refractivity contribution in [1.82, 2.24) is 0 Å². The molecule has 0 aliphatic carbocycles. The van der Waals surface area contributed by atoms with Crippen LogP contribution in [-0.4, -0.2) is 0 Å². The number of nitrogens with one attached hydrogen (secondary N) is 1. The molecule has 0 fully saturated rings. The van der Waals surface area contributed by atoms with Crippen molar-refractivity contribution in [2.45, 2.75) is 6.54 Å². The third-order valence-corrected chi connectivity index (χ3v) is 3.77. The summed E-state index contributed by atoms with van der Waals surface area (Å²) < 4.78 is 26.8. The normalized spacial score (nSPS) is 10.5. The zero-order valence-electron chi connectivity index (χ0n) is 8.64.